The van der Waals surface area contributed by atoms with Gasteiger partial charge in [-0.15, -0.1) is 5.10 Å². The van der Waals surface area contributed by atoms with Crippen LogP contribution in [0.1, 0.15) is 99.6 Å². The van der Waals surface area contributed by atoms with Crippen molar-refractivity contribution in [2.75, 3.05) is 59.3 Å². The van der Waals surface area contributed by atoms with E-state index in [1.807, 2.05) is 41.5 Å². The molecule has 7 heterocycles. The van der Waals surface area contributed by atoms with Crippen LogP contribution in [0.25, 0.3) is 0 Å². The van der Waals surface area contributed by atoms with Crippen LogP contribution in [0.3, 0.4) is 0 Å². The number of carbonyl (C=O) groups excluding carboxylic acids is 4. The number of aliphatic hydroxyl groups is 8. The van der Waals surface area contributed by atoms with E-state index in [1.54, 1.807) is 11.1 Å². The average Bonchev–Trinajstić information content (AvgIpc) is 1.56. The lowest BCUT2D eigenvalue weighted by atomic mass is 9.74. The normalized spacial score (nSPS) is 36.4. The topological polar surface area (TPSA) is 508 Å². The fourth-order valence-electron chi connectivity index (χ4n) is 12.2. The van der Waals surface area contributed by atoms with Crippen molar-refractivity contribution in [3.05, 3.63) is 11.9 Å². The molecule has 94 heavy (non-hydrogen) atoms. The maximum Gasteiger partial charge on any atom is 0.335 e. The molecule has 4 amide bonds. The molecule has 6 saturated heterocycles. The molecule has 35 heteroatoms. The highest BCUT2D eigenvalue weighted by Gasteiger charge is 2.64. The SMILES string of the molecule is CC1O[C@H](O[C@@H]2C(C(=O)O)O[C@@H](OCCCOCCNC(=O)CCC(=O)N(CCCCCN3C(=O)[C@@H]4[C@H](C3=O)[C@H](C(C)(C)C)O[C@@H]4C(C)(C)C)Cc3cn(CCOCCO[C@@H]4OC(C(=O)O)[C@@H](O[C@H]5OC(C)[C@@H](O)[C@H](O)C5N)[C@H](O)C4O)nn3)C(O)[C@H]2O)C(N)[C@@H](O)[C@@H]1O. The quantitative estimate of drug-likeness (QED) is 0.0237. The van der Waals surface area contributed by atoms with E-state index in [-0.39, 0.29) is 120 Å². The summed E-state index contributed by atoms with van der Waals surface area (Å²) in [7, 11) is 0. The maximum absolute atomic E-state index is 13.9. The summed E-state index contributed by atoms with van der Waals surface area (Å²) in [5.41, 5.74) is 11.5. The Balaban J connectivity index is 0.848. The van der Waals surface area contributed by atoms with Crippen LogP contribution in [0.5, 0.6) is 0 Å². The standard InChI is InChI=1S/C59H98N8O27/c1-27-36(70)38(72)34(60)54(88-27)90-44-40(74)42(76)56(92-46(44)52(80)81)86-20-12-19-84-21-15-62-30(68)13-14-31(69)65(16-10-9-11-17-67-50(78)32-33(51(67)79)49(59(6,7)8)94-48(32)58(3,4)5)25-29-26-66(64-63-29)18-22-85-23-24-87-57-43(77)41(75)45(47(93-57)53(82)83)91-55-35(61)39(73)37(71)28(2)89-55/h26-28,32-49,54-57,70-77H,9-25,60-61H2,1-8H3,(H,62,68)(H,80,81)(H,82,83)/t27?,28?,32-,33+,34?,35?,36-,37-,38-,39-,40-,41-,42?,43?,44+,45+,46?,47?,48+,49-,54-,55-,56-,57-/m1/s1. The van der Waals surface area contributed by atoms with Gasteiger partial charge >= 0.3 is 11.9 Å². The smallest absolute Gasteiger partial charge is 0.335 e. The van der Waals surface area contributed by atoms with E-state index >= 15 is 0 Å². The predicted molar refractivity (Wildman–Crippen MR) is 316 cm³/mol. The van der Waals surface area contributed by atoms with Gasteiger partial charge in [-0.05, 0) is 50.4 Å². The minimum Gasteiger partial charge on any atom is -0.479 e. The molecule has 0 aromatic carbocycles. The van der Waals surface area contributed by atoms with Crippen molar-refractivity contribution in [2.45, 2.75) is 242 Å². The number of nitrogens with one attached hydrogen (secondary N) is 1. The van der Waals surface area contributed by atoms with Crippen molar-refractivity contribution < 1.29 is 132 Å². The Kier molecular flexibility index (Phi) is 27.5. The molecule has 1 aromatic rings. The Hall–Kier alpha value is -4.68. The van der Waals surface area contributed by atoms with E-state index in [0.717, 1.165) is 0 Å². The summed E-state index contributed by atoms with van der Waals surface area (Å²) < 4.78 is 63.3. The third-order valence-electron chi connectivity index (χ3n) is 17.5. The van der Waals surface area contributed by atoms with Gasteiger partial charge in [0.15, 0.2) is 37.4 Å². The highest BCUT2D eigenvalue weighted by atomic mass is 16.8. The zero-order valence-corrected chi connectivity index (χ0v) is 54.3. The Bertz CT molecular complexity index is 2610. The van der Waals surface area contributed by atoms with Gasteiger partial charge in [0.2, 0.25) is 23.6 Å². The van der Waals surface area contributed by atoms with Crippen LogP contribution in [-0.2, 0) is 94.0 Å². The van der Waals surface area contributed by atoms with E-state index in [2.05, 4.69) is 15.6 Å². The monoisotopic (exact) mass is 1350 g/mol. The molecule has 0 bridgehead atoms. The predicted octanol–water partition coefficient (Wildman–Crippen LogP) is -4.99. The fraction of sp³-hybridized carbons (Fsp3) is 0.864. The molecular formula is C59H98N8O27. The molecule has 24 atom stereocenters. The van der Waals surface area contributed by atoms with Crippen molar-refractivity contribution in [1.29, 1.82) is 0 Å². The molecule has 0 saturated carbocycles. The average molecular weight is 1350 g/mol. The molecule has 6 aliphatic heterocycles. The zero-order chi connectivity index (χ0) is 69.3. The number of imide groups is 1. The summed E-state index contributed by atoms with van der Waals surface area (Å²) in [6, 6.07) is -2.66. The van der Waals surface area contributed by atoms with Crippen LogP contribution >= 0.6 is 0 Å². The number of nitrogens with zero attached hydrogens (tertiary/aromatic N) is 5. The molecule has 536 valence electrons. The number of nitrogens with two attached hydrogens (primary N) is 2. The number of carboxylic acid groups (broad SMARTS) is 2. The molecule has 7 rings (SSSR count). The van der Waals surface area contributed by atoms with Gasteiger partial charge < -0.3 is 125 Å². The highest BCUT2D eigenvalue weighted by molar-refractivity contribution is 6.06. The molecule has 0 aliphatic carbocycles. The first kappa shape index (κ1) is 76.7. The van der Waals surface area contributed by atoms with Crippen molar-refractivity contribution in [1.82, 2.24) is 30.1 Å². The number of aliphatic carboxylic acids is 2. The number of carbonyl (C=O) groups is 6. The van der Waals surface area contributed by atoms with Gasteiger partial charge in [-0.1, -0.05) is 46.8 Å². The second-order valence-corrected chi connectivity index (χ2v) is 26.8. The highest BCUT2D eigenvalue weighted by Crippen LogP contribution is 2.51. The second-order valence-electron chi connectivity index (χ2n) is 26.8. The number of aromatic nitrogens is 3. The fourth-order valence-corrected chi connectivity index (χ4v) is 12.2. The van der Waals surface area contributed by atoms with Crippen molar-refractivity contribution in [3.63, 3.8) is 0 Å². The first-order valence-electron chi connectivity index (χ1n) is 31.9. The molecule has 0 radical (unpaired) electrons. The number of hydrogen-bond acceptors (Lipinski definition) is 29. The van der Waals surface area contributed by atoms with Crippen LogP contribution in [0, 0.1) is 22.7 Å². The van der Waals surface area contributed by atoms with Crippen molar-refractivity contribution in [2.24, 2.45) is 34.1 Å². The Labute approximate surface area is 543 Å². The summed E-state index contributed by atoms with van der Waals surface area (Å²) in [6.45, 7) is 15.3. The molecule has 15 N–H and O–H groups in total. The van der Waals surface area contributed by atoms with Gasteiger partial charge in [0.1, 0.15) is 66.7 Å². The Morgan fingerprint density at radius 1 is 0.585 bits per heavy atom. The minimum absolute atomic E-state index is 0.00908. The van der Waals surface area contributed by atoms with Crippen molar-refractivity contribution >= 4 is 35.6 Å². The van der Waals surface area contributed by atoms with Crippen LogP contribution in [-0.4, -0.2) is 306 Å². The van der Waals surface area contributed by atoms with Gasteiger partial charge in [0.05, 0.1) is 101 Å². The van der Waals surface area contributed by atoms with Gasteiger partial charge in [-0.3, -0.25) is 24.1 Å². The van der Waals surface area contributed by atoms with Gasteiger partial charge in [-0.25, -0.2) is 14.3 Å². The number of unbranched alkanes of at least 4 members (excludes halogenated alkanes) is 2. The number of fused-ring (bicyclic) bond motifs is 1. The first-order chi connectivity index (χ1) is 44.2. The summed E-state index contributed by atoms with van der Waals surface area (Å²) in [6.07, 6.45) is -26.2. The number of rotatable bonds is 32. The van der Waals surface area contributed by atoms with Gasteiger partial charge in [0, 0.05) is 39.1 Å². The van der Waals surface area contributed by atoms with Gasteiger partial charge in [-0.2, -0.15) is 0 Å². The van der Waals surface area contributed by atoms with E-state index in [1.165, 1.54) is 23.4 Å². The zero-order valence-electron chi connectivity index (χ0n) is 54.3. The Morgan fingerprint density at radius 3 is 1.61 bits per heavy atom. The lowest BCUT2D eigenvalue weighted by Gasteiger charge is -2.45. The number of hydrogen-bond donors (Lipinski definition) is 13. The summed E-state index contributed by atoms with van der Waals surface area (Å²) in [4.78, 5) is 82.0. The lowest BCUT2D eigenvalue weighted by Crippen LogP contribution is -2.66. The van der Waals surface area contributed by atoms with Crippen LogP contribution in [0.4, 0.5) is 0 Å². The Morgan fingerprint density at radius 2 is 1.10 bits per heavy atom. The largest absolute Gasteiger partial charge is 0.479 e. The van der Waals surface area contributed by atoms with Gasteiger partial charge in [0.25, 0.3) is 0 Å². The van der Waals surface area contributed by atoms with Crippen molar-refractivity contribution in [3.8, 4) is 0 Å². The summed E-state index contributed by atoms with van der Waals surface area (Å²) in [5.74, 6) is -5.60. The number of aliphatic hydroxyl groups excluding tert-OH is 8. The summed E-state index contributed by atoms with van der Waals surface area (Å²) in [5, 5.41) is 115. The summed E-state index contributed by atoms with van der Waals surface area (Å²) >= 11 is 0. The second kappa shape index (κ2) is 33.7. The third-order valence-corrected chi connectivity index (χ3v) is 17.5. The molecular weight excluding hydrogens is 1250 g/mol. The number of amides is 4. The van der Waals surface area contributed by atoms with E-state index < -0.39 is 165 Å². The number of likely N-dealkylation sites (tertiary alicyclic amines) is 1. The molecule has 6 aliphatic rings. The van der Waals surface area contributed by atoms with Crippen LogP contribution in [0.15, 0.2) is 6.20 Å². The van der Waals surface area contributed by atoms with Crippen LogP contribution < -0.4 is 16.8 Å². The van der Waals surface area contributed by atoms with E-state index in [0.29, 0.717) is 25.0 Å². The molecule has 6 fully saturated rings. The number of carboxylic acids is 2. The number of ether oxygens (including phenoxy) is 11. The first-order valence-corrected chi connectivity index (χ1v) is 31.9. The van der Waals surface area contributed by atoms with E-state index in [4.69, 9.17) is 63.6 Å². The maximum atomic E-state index is 13.9. The van der Waals surface area contributed by atoms with Crippen LogP contribution in [0.2, 0.25) is 0 Å². The molecule has 0 spiro atoms. The third kappa shape index (κ3) is 18.9. The molecule has 1 aromatic heterocycles. The molecule has 8 unspecified atom stereocenters. The molecule has 35 nitrogen and oxygen atoms in total. The minimum atomic E-state index is -1.88. The van der Waals surface area contributed by atoms with E-state index in [9.17, 15) is 79.8 Å². The lowest BCUT2D eigenvalue weighted by molar-refractivity contribution is -0.337.